The lowest BCUT2D eigenvalue weighted by Gasteiger charge is -2.20. The minimum Gasteiger partial charge on any atom is -0.308 e. The number of pyridine rings is 1. The van der Waals surface area contributed by atoms with E-state index < -0.39 is 0 Å². The number of aromatic nitrogens is 3. The van der Waals surface area contributed by atoms with Gasteiger partial charge in [-0.05, 0) is 141 Å². The molecule has 0 aliphatic rings. The Morgan fingerprint density at radius 1 is 0.267 bits per heavy atom. The highest BCUT2D eigenvalue weighted by Gasteiger charge is 2.26. The third kappa shape index (κ3) is 8.52. The highest BCUT2D eigenvalue weighted by molar-refractivity contribution is 6.14. The summed E-state index contributed by atoms with van der Waals surface area (Å²) in [7, 11) is 0. The fourth-order valence-corrected chi connectivity index (χ4v) is 11.8. The van der Waals surface area contributed by atoms with Gasteiger partial charge in [0.15, 0.2) is 0 Å². The monoisotopic (exact) mass is 1090 g/mol. The molecule has 0 amide bonds. The van der Waals surface area contributed by atoms with Gasteiger partial charge in [0, 0.05) is 38.9 Å². The minimum absolute atomic E-state index is 0.225. The molecule has 12 nitrogen and oxygen atoms in total. The molecule has 0 N–H and O–H groups in total. The van der Waals surface area contributed by atoms with Crippen LogP contribution in [0.2, 0.25) is 0 Å². The van der Waals surface area contributed by atoms with Crippen LogP contribution in [0.3, 0.4) is 0 Å². The molecule has 0 saturated carbocycles. The summed E-state index contributed by atoms with van der Waals surface area (Å²) in [6, 6.07) is 81.4. The Balaban J connectivity index is 1.21. The number of rotatable bonds is 8. The van der Waals surface area contributed by atoms with Crippen molar-refractivity contribution < 1.29 is 0 Å². The van der Waals surface area contributed by atoms with Crippen LogP contribution < -0.4 is 0 Å². The van der Waals surface area contributed by atoms with Crippen LogP contribution in [0.1, 0.15) is 50.1 Å². The molecule has 0 fully saturated rings. The van der Waals surface area contributed by atoms with Crippen LogP contribution in [0.15, 0.2) is 206 Å². The molecule has 390 valence electrons. The summed E-state index contributed by atoms with van der Waals surface area (Å²) in [5.74, 6) is 0. The van der Waals surface area contributed by atoms with Gasteiger partial charge >= 0.3 is 0 Å². The van der Waals surface area contributed by atoms with Crippen molar-refractivity contribution in [3.63, 3.8) is 0 Å². The van der Waals surface area contributed by atoms with Gasteiger partial charge in [0.2, 0.25) is 0 Å². The van der Waals surface area contributed by atoms with Gasteiger partial charge in [0.1, 0.15) is 11.6 Å². The topological polar surface area (TPSA) is 237 Å². The molecule has 0 radical (unpaired) electrons. The Morgan fingerprint density at radius 2 is 0.616 bits per heavy atom. The Morgan fingerprint density at radius 3 is 0.930 bits per heavy atom. The summed E-state index contributed by atoms with van der Waals surface area (Å²) in [5.41, 5.74) is 14.1. The molecular weight excluding hydrogens is 1060 g/mol. The maximum atomic E-state index is 12.2. The second-order valence-electron chi connectivity index (χ2n) is 20.3. The lowest BCUT2D eigenvalue weighted by molar-refractivity contribution is 1.12. The highest BCUT2D eigenvalue weighted by atomic mass is 15.0. The lowest BCUT2D eigenvalue weighted by atomic mass is 9.95. The summed E-state index contributed by atoms with van der Waals surface area (Å²) >= 11 is 0. The van der Waals surface area contributed by atoms with Crippen molar-refractivity contribution in [3.05, 3.63) is 256 Å². The highest BCUT2D eigenvalue weighted by Crippen LogP contribution is 2.45. The van der Waals surface area contributed by atoms with Crippen molar-refractivity contribution in [1.82, 2.24) is 14.1 Å². The third-order valence-corrected chi connectivity index (χ3v) is 15.7. The van der Waals surface area contributed by atoms with Crippen molar-refractivity contribution in [1.29, 1.82) is 47.4 Å². The van der Waals surface area contributed by atoms with E-state index in [-0.39, 0.29) is 5.56 Å². The predicted molar refractivity (Wildman–Crippen MR) is 328 cm³/mol. The first kappa shape index (κ1) is 51.8. The second kappa shape index (κ2) is 21.1. The molecular formula is C74H34N12. The molecule has 3 aromatic heterocycles. The van der Waals surface area contributed by atoms with Crippen LogP contribution in [0.5, 0.6) is 0 Å². The van der Waals surface area contributed by atoms with Gasteiger partial charge in [-0.2, -0.15) is 47.4 Å². The maximum Gasteiger partial charge on any atom is 0.104 e. The SMILES string of the molecule is N#Cc1ccc(-c2ccc3c4ccc(-c5ccc(C#N)cc5C#N)cc4n(-c4cc(-c5cccnc5-c5ccccc5)cc(-n5c6cc(-c7ccc(C#N)cc7C#N)ccc6c6ccc(-c7ccc(C#N)cc7C#N)cc65)c4C#N)c3c2)c(C#N)c1. The van der Waals surface area contributed by atoms with Gasteiger partial charge in [0.05, 0.1) is 132 Å². The third-order valence-electron chi connectivity index (χ3n) is 15.7. The Kier molecular flexibility index (Phi) is 12.7. The average molecular weight is 1090 g/mol. The standard InChI is InChI=1S/C74H34N12/c75-35-44-8-16-58(54(25-44)39-79)49-12-20-63-64-21-13-50(59-17-9-45(36-76)26-55(59)40-80)30-69(64)85(68(63)29-49)72-33-53(62-7-4-24-84-74(62)48-5-2-1-3-6-48)34-73(67(72)43-83)86-70-31-51(60-18-10-46(37-77)27-56(60)41-81)14-22-65(70)66-23-15-52(32-71(66)86)61-19-11-47(38-78)28-57(61)42-82/h1-34H. The van der Waals surface area contributed by atoms with Gasteiger partial charge in [-0.1, -0.05) is 109 Å². The number of hydrogen-bond acceptors (Lipinski definition) is 10. The summed E-state index contributed by atoms with van der Waals surface area (Å²) in [5, 5.41) is 96.9. The Bertz CT molecular complexity index is 4980. The van der Waals surface area contributed by atoms with Crippen molar-refractivity contribution >= 4 is 43.6 Å². The first-order valence-corrected chi connectivity index (χ1v) is 26.8. The van der Waals surface area contributed by atoms with Crippen molar-refractivity contribution in [3.8, 4) is 133 Å². The smallest absolute Gasteiger partial charge is 0.104 e. The zero-order chi connectivity index (χ0) is 59.2. The van der Waals surface area contributed by atoms with Crippen molar-refractivity contribution in [2.45, 2.75) is 0 Å². The number of nitriles is 9. The van der Waals surface area contributed by atoms with Crippen LogP contribution in [-0.4, -0.2) is 14.1 Å². The van der Waals surface area contributed by atoms with Crippen molar-refractivity contribution in [2.24, 2.45) is 0 Å². The van der Waals surface area contributed by atoms with Gasteiger partial charge < -0.3 is 9.13 Å². The molecule has 13 aromatic rings. The molecule has 13 rings (SSSR count). The fraction of sp³-hybridized carbons (Fsp3) is 0. The predicted octanol–water partition coefficient (Wildman–Crippen LogP) is 16.1. The van der Waals surface area contributed by atoms with E-state index in [9.17, 15) is 47.4 Å². The molecule has 0 saturated heterocycles. The zero-order valence-corrected chi connectivity index (χ0v) is 45.0. The number of hydrogen-bond donors (Lipinski definition) is 0. The number of benzene rings is 10. The summed E-state index contributed by atoms with van der Waals surface area (Å²) in [4.78, 5) is 4.98. The van der Waals surface area contributed by atoms with Gasteiger partial charge in [0.25, 0.3) is 0 Å². The molecule has 10 aromatic carbocycles. The van der Waals surface area contributed by atoms with E-state index >= 15 is 0 Å². The number of fused-ring (bicyclic) bond motifs is 6. The lowest BCUT2D eigenvalue weighted by Crippen LogP contribution is -2.06. The average Bonchev–Trinajstić information content (AvgIpc) is 1.57. The van der Waals surface area contributed by atoms with Gasteiger partial charge in [-0.3, -0.25) is 4.98 Å². The molecule has 0 aliphatic carbocycles. The van der Waals surface area contributed by atoms with E-state index in [1.165, 1.54) is 0 Å². The van der Waals surface area contributed by atoms with Crippen LogP contribution >= 0.6 is 0 Å². The number of nitrogens with zero attached hydrogens (tertiary/aromatic N) is 12. The molecule has 0 aliphatic heterocycles. The van der Waals surface area contributed by atoms with E-state index in [1.54, 1.807) is 79.0 Å². The molecule has 3 heterocycles. The largest absolute Gasteiger partial charge is 0.308 e. The van der Waals surface area contributed by atoms with Crippen LogP contribution in [-0.2, 0) is 0 Å². The zero-order valence-electron chi connectivity index (χ0n) is 45.0. The summed E-state index contributed by atoms with van der Waals surface area (Å²) < 4.78 is 4.06. The molecule has 0 bridgehead atoms. The van der Waals surface area contributed by atoms with E-state index in [1.807, 2.05) is 137 Å². The van der Waals surface area contributed by atoms with Gasteiger partial charge in [-0.25, -0.2) is 0 Å². The second-order valence-corrected chi connectivity index (χ2v) is 20.3. The van der Waals surface area contributed by atoms with Crippen LogP contribution in [0, 0.1) is 102 Å². The van der Waals surface area contributed by atoms with E-state index in [2.05, 4.69) is 54.6 Å². The quantitative estimate of drug-likeness (QED) is 0.139. The maximum absolute atomic E-state index is 12.2. The van der Waals surface area contributed by atoms with Crippen LogP contribution in [0.4, 0.5) is 0 Å². The molecule has 12 heteroatoms. The molecule has 86 heavy (non-hydrogen) atoms. The van der Waals surface area contributed by atoms with E-state index in [0.717, 1.165) is 32.7 Å². The van der Waals surface area contributed by atoms with E-state index in [4.69, 9.17) is 4.98 Å². The first-order chi connectivity index (χ1) is 42.2. The van der Waals surface area contributed by atoms with E-state index in [0.29, 0.717) is 134 Å². The summed E-state index contributed by atoms with van der Waals surface area (Å²) in [6.45, 7) is 0. The molecule has 0 spiro atoms. The first-order valence-electron chi connectivity index (χ1n) is 26.8. The summed E-state index contributed by atoms with van der Waals surface area (Å²) in [6.07, 6.45) is 1.73. The van der Waals surface area contributed by atoms with Crippen LogP contribution in [0.25, 0.3) is 122 Å². The Hall–Kier alpha value is -13.6. The Labute approximate surface area is 491 Å². The normalized spacial score (nSPS) is 10.7. The minimum atomic E-state index is 0.225. The molecule has 0 unspecified atom stereocenters. The molecule has 0 atom stereocenters. The van der Waals surface area contributed by atoms with Gasteiger partial charge in [-0.15, -0.1) is 0 Å². The fourth-order valence-electron chi connectivity index (χ4n) is 11.8. The van der Waals surface area contributed by atoms with Crippen molar-refractivity contribution in [2.75, 3.05) is 0 Å².